The third-order valence-electron chi connectivity index (χ3n) is 2.94. The molecule has 0 spiro atoms. The van der Waals surface area contributed by atoms with E-state index in [1.807, 2.05) is 0 Å². The molecule has 1 aromatic rings. The van der Waals surface area contributed by atoms with Crippen LogP contribution in [0, 0.1) is 11.6 Å². The Hall–Kier alpha value is -0.960. The summed E-state index contributed by atoms with van der Waals surface area (Å²) < 4.78 is 26.8. The second-order valence-electron chi connectivity index (χ2n) is 3.84. The van der Waals surface area contributed by atoms with E-state index in [1.165, 1.54) is 18.2 Å². The van der Waals surface area contributed by atoms with Crippen molar-refractivity contribution in [2.75, 3.05) is 0 Å². The third-order valence-corrected chi connectivity index (χ3v) is 2.94. The molecule has 1 aliphatic rings. The molecule has 0 radical (unpaired) electrons. The summed E-state index contributed by atoms with van der Waals surface area (Å²) in [5.41, 5.74) is 5.99. The van der Waals surface area contributed by atoms with Crippen LogP contribution in [-0.2, 0) is 0 Å². The lowest BCUT2D eigenvalue weighted by atomic mass is 9.93. The molecule has 0 saturated heterocycles. The molecule has 1 aromatic carbocycles. The van der Waals surface area contributed by atoms with E-state index < -0.39 is 11.6 Å². The van der Waals surface area contributed by atoms with Gasteiger partial charge in [0.25, 0.3) is 0 Å². The first-order valence-corrected chi connectivity index (χ1v) is 4.89. The maximum atomic E-state index is 13.4. The number of hydrogen-bond donors (Lipinski definition) is 1. The van der Waals surface area contributed by atoms with Gasteiger partial charge in [0.2, 0.25) is 0 Å². The molecule has 1 fully saturated rings. The first-order chi connectivity index (χ1) is 6.70. The van der Waals surface area contributed by atoms with Gasteiger partial charge in [0.05, 0.1) is 0 Å². The fourth-order valence-electron chi connectivity index (χ4n) is 2.21. The van der Waals surface area contributed by atoms with E-state index in [9.17, 15) is 8.78 Å². The average molecular weight is 197 g/mol. The van der Waals surface area contributed by atoms with Gasteiger partial charge in [0.15, 0.2) is 0 Å². The van der Waals surface area contributed by atoms with Gasteiger partial charge in [0, 0.05) is 17.5 Å². The lowest BCUT2D eigenvalue weighted by Crippen LogP contribution is -2.24. The van der Waals surface area contributed by atoms with Crippen molar-refractivity contribution in [3.63, 3.8) is 0 Å². The normalized spacial score (nSPS) is 26.8. The summed E-state index contributed by atoms with van der Waals surface area (Å²) in [6, 6.07) is 3.88. The van der Waals surface area contributed by atoms with Crippen LogP contribution >= 0.6 is 0 Å². The molecule has 14 heavy (non-hydrogen) atoms. The molecule has 2 atom stereocenters. The molecule has 0 amide bonds. The van der Waals surface area contributed by atoms with Gasteiger partial charge in [-0.2, -0.15) is 0 Å². The SMILES string of the molecule is NC1CCCC1c1c(F)cccc1F. The molecule has 0 aromatic heterocycles. The predicted molar refractivity (Wildman–Crippen MR) is 50.9 cm³/mol. The van der Waals surface area contributed by atoms with E-state index >= 15 is 0 Å². The van der Waals surface area contributed by atoms with Gasteiger partial charge < -0.3 is 5.73 Å². The van der Waals surface area contributed by atoms with Crippen molar-refractivity contribution in [2.24, 2.45) is 5.73 Å². The maximum absolute atomic E-state index is 13.4. The molecule has 1 saturated carbocycles. The molecule has 1 nitrogen and oxygen atoms in total. The third kappa shape index (κ3) is 1.52. The number of hydrogen-bond acceptors (Lipinski definition) is 1. The Kier molecular flexibility index (Phi) is 2.50. The van der Waals surface area contributed by atoms with Crippen molar-refractivity contribution < 1.29 is 8.78 Å². The second kappa shape index (κ2) is 3.65. The van der Waals surface area contributed by atoms with Crippen molar-refractivity contribution in [2.45, 2.75) is 31.2 Å². The zero-order chi connectivity index (χ0) is 10.1. The highest BCUT2D eigenvalue weighted by atomic mass is 19.1. The van der Waals surface area contributed by atoms with E-state index in [-0.39, 0.29) is 17.5 Å². The molecule has 3 heteroatoms. The van der Waals surface area contributed by atoms with Crippen LogP contribution in [0.25, 0.3) is 0 Å². The number of halogens is 2. The Bertz CT molecular complexity index is 318. The molecule has 0 heterocycles. The topological polar surface area (TPSA) is 26.0 Å². The fourth-order valence-corrected chi connectivity index (χ4v) is 2.21. The summed E-state index contributed by atoms with van der Waals surface area (Å²) in [5, 5.41) is 0. The lowest BCUT2D eigenvalue weighted by Gasteiger charge is -2.16. The Morgan fingerprint density at radius 1 is 1.14 bits per heavy atom. The largest absolute Gasteiger partial charge is 0.327 e. The van der Waals surface area contributed by atoms with Crippen LogP contribution in [0.3, 0.4) is 0 Å². The van der Waals surface area contributed by atoms with Gasteiger partial charge in [0.1, 0.15) is 11.6 Å². The Balaban J connectivity index is 2.39. The summed E-state index contributed by atoms with van der Waals surface area (Å²) in [6.07, 6.45) is 2.61. The van der Waals surface area contributed by atoms with Crippen LogP contribution < -0.4 is 5.73 Å². The summed E-state index contributed by atoms with van der Waals surface area (Å²) >= 11 is 0. The fraction of sp³-hybridized carbons (Fsp3) is 0.455. The minimum absolute atomic E-state index is 0.0959. The number of rotatable bonds is 1. The first-order valence-electron chi connectivity index (χ1n) is 4.89. The molecule has 2 unspecified atom stereocenters. The Morgan fingerprint density at radius 3 is 2.29 bits per heavy atom. The van der Waals surface area contributed by atoms with E-state index in [2.05, 4.69) is 0 Å². The van der Waals surface area contributed by atoms with E-state index in [4.69, 9.17) is 5.73 Å². The number of benzene rings is 1. The average Bonchev–Trinajstić information content (AvgIpc) is 2.52. The summed E-state index contributed by atoms with van der Waals surface area (Å²) in [5.74, 6) is -1.07. The van der Waals surface area contributed by atoms with Crippen LogP contribution in [0.2, 0.25) is 0 Å². The maximum Gasteiger partial charge on any atom is 0.129 e. The quantitative estimate of drug-likeness (QED) is 0.735. The zero-order valence-electron chi connectivity index (χ0n) is 7.84. The lowest BCUT2D eigenvalue weighted by molar-refractivity contribution is 0.502. The molecule has 2 N–H and O–H groups in total. The van der Waals surface area contributed by atoms with Crippen molar-refractivity contribution in [1.82, 2.24) is 0 Å². The second-order valence-corrected chi connectivity index (χ2v) is 3.84. The molecule has 76 valence electrons. The standard InChI is InChI=1S/C11H13F2N/c12-8-4-2-5-9(13)11(8)7-3-1-6-10(7)14/h2,4-5,7,10H,1,3,6,14H2. The van der Waals surface area contributed by atoms with Crippen molar-refractivity contribution in [3.8, 4) is 0 Å². The first kappa shape index (κ1) is 9.59. The molecule has 0 bridgehead atoms. The van der Waals surface area contributed by atoms with Crippen molar-refractivity contribution in [1.29, 1.82) is 0 Å². The molecular formula is C11H13F2N. The van der Waals surface area contributed by atoms with Gasteiger partial charge in [-0.05, 0) is 25.0 Å². The van der Waals surface area contributed by atoms with Gasteiger partial charge >= 0.3 is 0 Å². The Labute approximate surface area is 81.9 Å². The van der Waals surface area contributed by atoms with E-state index in [1.54, 1.807) is 0 Å². The predicted octanol–water partition coefficient (Wildman–Crippen LogP) is 2.56. The highest BCUT2D eigenvalue weighted by molar-refractivity contribution is 5.26. The van der Waals surface area contributed by atoms with Crippen LogP contribution in [-0.4, -0.2) is 6.04 Å². The molecular weight excluding hydrogens is 184 g/mol. The van der Waals surface area contributed by atoms with E-state index in [0.717, 1.165) is 19.3 Å². The molecule has 2 rings (SSSR count). The van der Waals surface area contributed by atoms with Gasteiger partial charge in [-0.1, -0.05) is 12.5 Å². The van der Waals surface area contributed by atoms with Gasteiger partial charge in [-0.25, -0.2) is 8.78 Å². The highest BCUT2D eigenvalue weighted by Gasteiger charge is 2.29. The minimum Gasteiger partial charge on any atom is -0.327 e. The van der Waals surface area contributed by atoms with Gasteiger partial charge in [-0.15, -0.1) is 0 Å². The van der Waals surface area contributed by atoms with Crippen molar-refractivity contribution >= 4 is 0 Å². The smallest absolute Gasteiger partial charge is 0.129 e. The van der Waals surface area contributed by atoms with Crippen molar-refractivity contribution in [3.05, 3.63) is 35.4 Å². The van der Waals surface area contributed by atoms with Gasteiger partial charge in [-0.3, -0.25) is 0 Å². The number of nitrogens with two attached hydrogens (primary N) is 1. The van der Waals surface area contributed by atoms with Crippen LogP contribution in [0.1, 0.15) is 30.7 Å². The van der Waals surface area contributed by atoms with E-state index in [0.29, 0.717) is 0 Å². The highest BCUT2D eigenvalue weighted by Crippen LogP contribution is 2.35. The summed E-state index contributed by atoms with van der Waals surface area (Å²) in [6.45, 7) is 0. The summed E-state index contributed by atoms with van der Waals surface area (Å²) in [4.78, 5) is 0. The minimum atomic E-state index is -0.465. The van der Waals surface area contributed by atoms with Crippen LogP contribution in [0.15, 0.2) is 18.2 Å². The zero-order valence-corrected chi connectivity index (χ0v) is 7.84. The summed E-state index contributed by atoms with van der Waals surface area (Å²) in [7, 11) is 0. The van der Waals surface area contributed by atoms with Crippen LogP contribution in [0.5, 0.6) is 0 Å². The Morgan fingerprint density at radius 2 is 1.79 bits per heavy atom. The monoisotopic (exact) mass is 197 g/mol. The van der Waals surface area contributed by atoms with Crippen LogP contribution in [0.4, 0.5) is 8.78 Å². The molecule has 0 aliphatic heterocycles. The molecule has 1 aliphatic carbocycles.